The van der Waals surface area contributed by atoms with E-state index in [0.29, 0.717) is 0 Å². The fraction of sp³-hybridized carbons (Fsp3) is 0.333. The molecular weight excluding hydrogens is 733 g/mol. The van der Waals surface area contributed by atoms with E-state index in [4.69, 9.17) is 0 Å². The summed E-state index contributed by atoms with van der Waals surface area (Å²) in [6.07, 6.45) is 0. The zero-order valence-corrected chi connectivity index (χ0v) is 37.6. The van der Waals surface area contributed by atoms with Crippen LogP contribution in [0, 0.1) is 104 Å². The van der Waals surface area contributed by atoms with Crippen LogP contribution in [0.3, 0.4) is 0 Å². The second-order valence-electron chi connectivity index (χ2n) is 14.5. The Morgan fingerprint density at radius 2 is 0.392 bits per heavy atom. The largest absolute Gasteiger partial charge is 0.139 e. The van der Waals surface area contributed by atoms with Crippen LogP contribution in [0.1, 0.15) is 81.4 Å². The van der Waals surface area contributed by atoms with Gasteiger partial charge in [-0.1, -0.05) is 0 Å². The minimum atomic E-state index is 1.33. The highest BCUT2D eigenvalue weighted by Gasteiger charge is 2.25. The maximum Gasteiger partial charge on any atom is 0.0484 e. The van der Waals surface area contributed by atoms with E-state index in [1.807, 2.05) is 68.0 Å². The average Bonchev–Trinajstić information content (AvgIpc) is 3.88. The molecule has 1 aromatic carbocycles. The third-order valence-electron chi connectivity index (χ3n) is 11.7. The summed E-state index contributed by atoms with van der Waals surface area (Å²) >= 11 is 11.8. The van der Waals surface area contributed by atoms with Gasteiger partial charge in [-0.2, -0.15) is 0 Å². The molecule has 7 rings (SSSR count). The summed E-state index contributed by atoms with van der Waals surface area (Å²) in [4.78, 5) is 17.1. The first-order valence-electron chi connectivity index (χ1n) is 17.7. The molecule has 0 saturated carbocycles. The van der Waals surface area contributed by atoms with E-state index in [0.717, 1.165) is 0 Å². The van der Waals surface area contributed by atoms with Crippen molar-refractivity contribution in [3.05, 3.63) is 99.6 Å². The van der Waals surface area contributed by atoms with E-state index < -0.39 is 0 Å². The van der Waals surface area contributed by atoms with Gasteiger partial charge >= 0.3 is 0 Å². The van der Waals surface area contributed by atoms with Crippen LogP contribution in [0.5, 0.6) is 0 Å². The predicted molar refractivity (Wildman–Crippen MR) is 237 cm³/mol. The van der Waals surface area contributed by atoms with Gasteiger partial charge in [-0.15, -0.1) is 68.0 Å². The van der Waals surface area contributed by atoms with Gasteiger partial charge in [0, 0.05) is 58.5 Å². The second kappa shape index (κ2) is 13.4. The lowest BCUT2D eigenvalue weighted by atomic mass is 9.96. The third-order valence-corrected chi connectivity index (χ3v) is 20.5. The molecule has 0 fully saturated rings. The molecule has 0 amide bonds. The molecule has 264 valence electrons. The van der Waals surface area contributed by atoms with Crippen molar-refractivity contribution < 1.29 is 0 Å². The number of benzene rings is 1. The summed E-state index contributed by atoms with van der Waals surface area (Å²) in [6, 6.07) is 7.49. The molecule has 0 bridgehead atoms. The summed E-state index contributed by atoms with van der Waals surface area (Å²) in [5.74, 6) is 0. The third kappa shape index (κ3) is 5.84. The summed E-state index contributed by atoms with van der Waals surface area (Å²) in [6.45, 7) is 34.5. The van der Waals surface area contributed by atoms with Crippen LogP contribution in [-0.2, 0) is 0 Å². The first-order valence-corrected chi connectivity index (χ1v) is 22.6. The number of aryl methyl sites for hydroxylation is 3. The lowest BCUT2D eigenvalue weighted by Gasteiger charge is -2.11. The van der Waals surface area contributed by atoms with E-state index >= 15 is 0 Å². The van der Waals surface area contributed by atoms with Gasteiger partial charge in [-0.05, 0) is 206 Å². The molecular formula is C45H48S6. The summed E-state index contributed by atoms with van der Waals surface area (Å²) in [5, 5.41) is 0. The first-order chi connectivity index (χ1) is 24.0. The minimum Gasteiger partial charge on any atom is -0.139 e. The Hall–Kier alpha value is -2.58. The molecule has 0 aliphatic heterocycles. The van der Waals surface area contributed by atoms with Gasteiger partial charge < -0.3 is 0 Å². The standard InChI is InChI=1S/C45H48S6/c1-19-22(4)40(46-31(19)13)43-28(10)25(7)37(49-43)34-16-35(38-26(8)29(11)44(50-38)41-23(5)20(2)32(14)47-41)18-36(17-34)39-27(9)30(12)45(51-39)42-24(6)21(3)33(15)48-42/h16-18H,1-15H3. The molecule has 7 aromatic rings. The normalized spacial score (nSPS) is 11.8. The van der Waals surface area contributed by atoms with E-state index in [-0.39, 0.29) is 0 Å². The van der Waals surface area contributed by atoms with Crippen molar-refractivity contribution in [2.45, 2.75) is 104 Å². The van der Waals surface area contributed by atoms with E-state index in [1.54, 1.807) is 0 Å². The van der Waals surface area contributed by atoms with Gasteiger partial charge in [0.15, 0.2) is 0 Å². The van der Waals surface area contributed by atoms with Crippen molar-refractivity contribution in [1.82, 2.24) is 0 Å². The lowest BCUT2D eigenvalue weighted by Crippen LogP contribution is -1.87. The van der Waals surface area contributed by atoms with Gasteiger partial charge in [0.1, 0.15) is 0 Å². The number of hydrogen-bond acceptors (Lipinski definition) is 6. The number of rotatable bonds is 6. The highest BCUT2D eigenvalue weighted by molar-refractivity contribution is 7.25. The molecule has 51 heavy (non-hydrogen) atoms. The quantitative estimate of drug-likeness (QED) is 0.158. The van der Waals surface area contributed by atoms with Crippen molar-refractivity contribution >= 4 is 68.0 Å². The molecule has 0 N–H and O–H groups in total. The van der Waals surface area contributed by atoms with Crippen molar-refractivity contribution in [3.63, 3.8) is 0 Å². The SMILES string of the molecule is Cc1sc(-c2sc(-c3cc(-c4sc(-c5sc(C)c(C)c5C)c(C)c4C)cc(-c4sc(-c5sc(C)c(C)c5C)c(C)c4C)c3)c(C)c2C)c(C)c1C. The Bertz CT molecular complexity index is 2230. The fourth-order valence-electron chi connectivity index (χ4n) is 7.16. The number of hydrogen-bond donors (Lipinski definition) is 0. The highest BCUT2D eigenvalue weighted by Crippen LogP contribution is 2.52. The van der Waals surface area contributed by atoms with E-state index in [2.05, 4.69) is 122 Å². The maximum absolute atomic E-state index is 2.50. The first kappa shape index (κ1) is 36.8. The topological polar surface area (TPSA) is 0 Å². The maximum atomic E-state index is 2.50. The molecule has 0 saturated heterocycles. The Balaban J connectivity index is 1.47. The van der Waals surface area contributed by atoms with Crippen LogP contribution in [-0.4, -0.2) is 0 Å². The highest BCUT2D eigenvalue weighted by atomic mass is 32.1. The monoisotopic (exact) mass is 780 g/mol. The van der Waals surface area contributed by atoms with Crippen molar-refractivity contribution in [2.75, 3.05) is 0 Å². The van der Waals surface area contributed by atoms with E-state index in [1.165, 1.54) is 142 Å². The van der Waals surface area contributed by atoms with Crippen molar-refractivity contribution in [2.24, 2.45) is 0 Å². The molecule has 0 atom stereocenters. The van der Waals surface area contributed by atoms with Crippen LogP contribution < -0.4 is 0 Å². The average molecular weight is 781 g/mol. The van der Waals surface area contributed by atoms with Crippen LogP contribution in [0.2, 0.25) is 0 Å². The zero-order chi connectivity index (χ0) is 37.0. The molecule has 6 heteroatoms. The van der Waals surface area contributed by atoms with Crippen LogP contribution in [0.15, 0.2) is 18.2 Å². The van der Waals surface area contributed by atoms with Crippen molar-refractivity contribution in [1.29, 1.82) is 0 Å². The van der Waals surface area contributed by atoms with E-state index in [9.17, 15) is 0 Å². The molecule has 6 heterocycles. The van der Waals surface area contributed by atoms with Gasteiger partial charge in [0.05, 0.1) is 0 Å². The molecule has 0 radical (unpaired) electrons. The van der Waals surface area contributed by atoms with Crippen LogP contribution in [0.25, 0.3) is 60.6 Å². The summed E-state index contributed by atoms with van der Waals surface area (Å²) in [5.41, 5.74) is 21.1. The van der Waals surface area contributed by atoms with Gasteiger partial charge in [0.2, 0.25) is 0 Å². The van der Waals surface area contributed by atoms with Gasteiger partial charge in [-0.3, -0.25) is 0 Å². The summed E-state index contributed by atoms with van der Waals surface area (Å²) < 4.78 is 0. The molecule has 0 unspecified atom stereocenters. The predicted octanol–water partition coefficient (Wildman–Crippen LogP) is 16.7. The molecule has 0 aliphatic carbocycles. The van der Waals surface area contributed by atoms with Crippen LogP contribution >= 0.6 is 68.0 Å². The summed E-state index contributed by atoms with van der Waals surface area (Å²) in [7, 11) is 0. The Kier molecular flexibility index (Phi) is 9.64. The second-order valence-corrected chi connectivity index (χ2v) is 21.3. The van der Waals surface area contributed by atoms with Gasteiger partial charge in [0.25, 0.3) is 0 Å². The Labute approximate surface area is 329 Å². The van der Waals surface area contributed by atoms with Crippen LogP contribution in [0.4, 0.5) is 0 Å². The smallest absolute Gasteiger partial charge is 0.0484 e. The number of thiophene rings is 6. The Morgan fingerprint density at radius 1 is 0.216 bits per heavy atom. The lowest BCUT2D eigenvalue weighted by molar-refractivity contribution is 1.34. The molecule has 6 aromatic heterocycles. The zero-order valence-electron chi connectivity index (χ0n) is 32.7. The fourth-order valence-corrected chi connectivity index (χ4v) is 15.3. The molecule has 0 aliphatic rings. The Morgan fingerprint density at radius 3 is 0.588 bits per heavy atom. The van der Waals surface area contributed by atoms with Gasteiger partial charge in [-0.25, -0.2) is 0 Å². The molecule has 0 spiro atoms. The minimum absolute atomic E-state index is 1.33. The van der Waals surface area contributed by atoms with Crippen molar-refractivity contribution in [3.8, 4) is 60.6 Å². The molecule has 0 nitrogen and oxygen atoms in total.